The van der Waals surface area contributed by atoms with Gasteiger partial charge in [-0.05, 0) is 57.0 Å². The fraction of sp³-hybridized carbons (Fsp3) is 0.591. The van der Waals surface area contributed by atoms with Crippen LogP contribution >= 0.6 is 0 Å². The molecule has 1 aromatic heterocycles. The third-order valence-electron chi connectivity index (χ3n) is 5.37. The van der Waals surface area contributed by atoms with Gasteiger partial charge in [0.05, 0.1) is 6.54 Å². The zero-order valence-electron chi connectivity index (χ0n) is 17.9. The number of benzene rings is 1. The van der Waals surface area contributed by atoms with Gasteiger partial charge in [-0.3, -0.25) is 4.79 Å². The van der Waals surface area contributed by atoms with Crippen LogP contribution in [0.5, 0.6) is 0 Å². The summed E-state index contributed by atoms with van der Waals surface area (Å²) in [6.07, 6.45) is 3.09. The van der Waals surface area contributed by atoms with Crippen LogP contribution in [0.2, 0.25) is 0 Å². The minimum absolute atomic E-state index is 0.122. The van der Waals surface area contributed by atoms with E-state index in [1.165, 1.54) is 5.56 Å². The summed E-state index contributed by atoms with van der Waals surface area (Å²) in [5.74, 6) is 2.93. The number of piperidine rings is 1. The van der Waals surface area contributed by atoms with Crippen molar-refractivity contribution in [1.82, 2.24) is 24.6 Å². The topological polar surface area (TPSA) is 54.3 Å². The van der Waals surface area contributed by atoms with Gasteiger partial charge in [0.15, 0.2) is 0 Å². The van der Waals surface area contributed by atoms with E-state index in [0.29, 0.717) is 12.5 Å². The Balaban J connectivity index is 1.69. The quantitative estimate of drug-likeness (QED) is 0.769. The van der Waals surface area contributed by atoms with Crippen LogP contribution in [0.1, 0.15) is 60.2 Å². The molecule has 3 rings (SSSR count). The second-order valence-corrected chi connectivity index (χ2v) is 8.66. The number of nitrogens with zero attached hydrogens (tertiary/aromatic N) is 5. The van der Waals surface area contributed by atoms with Gasteiger partial charge in [-0.25, -0.2) is 0 Å². The van der Waals surface area contributed by atoms with E-state index in [9.17, 15) is 4.79 Å². The van der Waals surface area contributed by atoms with Crippen LogP contribution in [0, 0.1) is 5.92 Å². The fourth-order valence-corrected chi connectivity index (χ4v) is 3.96. The summed E-state index contributed by atoms with van der Waals surface area (Å²) in [6, 6.07) is 8.12. The van der Waals surface area contributed by atoms with Crippen LogP contribution in [-0.2, 0) is 20.0 Å². The van der Waals surface area contributed by atoms with E-state index in [1.807, 2.05) is 38.2 Å². The average molecular weight is 384 g/mol. The SMILES string of the molecule is CC(C)Cc1ccc(C(=O)N2CCC[C@@H](c3nnc(CN(C)C)n3C)C2)cc1. The van der Waals surface area contributed by atoms with Crippen molar-refractivity contribution in [1.29, 1.82) is 0 Å². The zero-order chi connectivity index (χ0) is 20.3. The number of rotatable bonds is 6. The molecule has 28 heavy (non-hydrogen) atoms. The fourth-order valence-electron chi connectivity index (χ4n) is 3.96. The molecule has 1 aliphatic heterocycles. The van der Waals surface area contributed by atoms with Crippen LogP contribution in [0.3, 0.4) is 0 Å². The Bertz CT molecular complexity index is 794. The molecule has 6 heteroatoms. The second-order valence-electron chi connectivity index (χ2n) is 8.66. The predicted octanol–water partition coefficient (Wildman–Crippen LogP) is 3.10. The number of aromatic nitrogens is 3. The average Bonchev–Trinajstić information content (AvgIpc) is 3.01. The molecule has 0 aliphatic carbocycles. The highest BCUT2D eigenvalue weighted by molar-refractivity contribution is 5.94. The lowest BCUT2D eigenvalue weighted by Crippen LogP contribution is -2.39. The van der Waals surface area contributed by atoms with Crippen molar-refractivity contribution in [2.24, 2.45) is 13.0 Å². The molecule has 2 aromatic rings. The molecule has 1 saturated heterocycles. The summed E-state index contributed by atoms with van der Waals surface area (Å²) in [5.41, 5.74) is 2.06. The van der Waals surface area contributed by atoms with Crippen molar-refractivity contribution >= 4 is 5.91 Å². The zero-order valence-corrected chi connectivity index (χ0v) is 17.9. The largest absolute Gasteiger partial charge is 0.338 e. The lowest BCUT2D eigenvalue weighted by molar-refractivity contribution is 0.0703. The van der Waals surface area contributed by atoms with Gasteiger partial charge < -0.3 is 14.4 Å². The van der Waals surface area contributed by atoms with Crippen molar-refractivity contribution in [3.63, 3.8) is 0 Å². The Morgan fingerprint density at radius 1 is 1.21 bits per heavy atom. The molecule has 0 spiro atoms. The summed E-state index contributed by atoms with van der Waals surface area (Å²) in [5, 5.41) is 8.81. The van der Waals surface area contributed by atoms with Crippen LogP contribution in [0.15, 0.2) is 24.3 Å². The highest BCUT2D eigenvalue weighted by Gasteiger charge is 2.29. The highest BCUT2D eigenvalue weighted by atomic mass is 16.2. The molecule has 1 amide bonds. The molecule has 0 N–H and O–H groups in total. The van der Waals surface area contributed by atoms with Crippen molar-refractivity contribution in [2.45, 2.75) is 45.6 Å². The minimum Gasteiger partial charge on any atom is -0.338 e. The minimum atomic E-state index is 0.122. The van der Waals surface area contributed by atoms with Gasteiger partial charge in [0, 0.05) is 31.6 Å². The molecule has 2 heterocycles. The Labute approximate surface area is 168 Å². The molecule has 1 aromatic carbocycles. The second kappa shape index (κ2) is 8.86. The number of carbonyl (C=O) groups is 1. The summed E-state index contributed by atoms with van der Waals surface area (Å²) >= 11 is 0. The van der Waals surface area contributed by atoms with E-state index in [1.54, 1.807) is 0 Å². The van der Waals surface area contributed by atoms with E-state index in [-0.39, 0.29) is 11.8 Å². The van der Waals surface area contributed by atoms with Gasteiger partial charge in [-0.1, -0.05) is 26.0 Å². The molecule has 1 aliphatic rings. The summed E-state index contributed by atoms with van der Waals surface area (Å²) in [4.78, 5) is 17.1. The van der Waals surface area contributed by atoms with E-state index in [0.717, 1.165) is 49.6 Å². The van der Waals surface area contributed by atoms with E-state index < -0.39 is 0 Å². The molecule has 1 atom stereocenters. The third-order valence-corrected chi connectivity index (χ3v) is 5.37. The third kappa shape index (κ3) is 4.79. The molecule has 0 saturated carbocycles. The summed E-state index contributed by atoms with van der Waals surface area (Å²) in [6.45, 7) is 6.71. The van der Waals surface area contributed by atoms with Crippen molar-refractivity contribution in [3.05, 3.63) is 47.0 Å². The number of likely N-dealkylation sites (tertiary alicyclic amines) is 1. The van der Waals surface area contributed by atoms with Crippen molar-refractivity contribution in [3.8, 4) is 0 Å². The summed E-state index contributed by atoms with van der Waals surface area (Å²) < 4.78 is 2.10. The Hall–Kier alpha value is -2.21. The molecule has 152 valence electrons. The normalized spacial score (nSPS) is 17.5. The number of hydrogen-bond acceptors (Lipinski definition) is 4. The monoisotopic (exact) mass is 383 g/mol. The maximum atomic E-state index is 13.0. The lowest BCUT2D eigenvalue weighted by Gasteiger charge is -2.32. The van der Waals surface area contributed by atoms with Gasteiger partial charge in [-0.2, -0.15) is 0 Å². The molecule has 6 nitrogen and oxygen atoms in total. The maximum absolute atomic E-state index is 13.0. The molecule has 0 radical (unpaired) electrons. The van der Waals surface area contributed by atoms with Crippen LogP contribution in [-0.4, -0.2) is 57.7 Å². The van der Waals surface area contributed by atoms with Gasteiger partial charge in [0.25, 0.3) is 5.91 Å². The first kappa shape index (κ1) is 20.5. The van der Waals surface area contributed by atoms with Gasteiger partial charge >= 0.3 is 0 Å². The Kier molecular flexibility index (Phi) is 6.50. The Morgan fingerprint density at radius 2 is 1.93 bits per heavy atom. The highest BCUT2D eigenvalue weighted by Crippen LogP contribution is 2.27. The van der Waals surface area contributed by atoms with E-state index in [2.05, 4.69) is 45.6 Å². The molecule has 0 bridgehead atoms. The van der Waals surface area contributed by atoms with Crippen LogP contribution in [0.25, 0.3) is 0 Å². The van der Waals surface area contributed by atoms with E-state index in [4.69, 9.17) is 0 Å². The first-order valence-electron chi connectivity index (χ1n) is 10.3. The van der Waals surface area contributed by atoms with Gasteiger partial charge in [0.2, 0.25) is 0 Å². The van der Waals surface area contributed by atoms with Gasteiger partial charge in [0.1, 0.15) is 11.6 Å². The van der Waals surface area contributed by atoms with Crippen LogP contribution < -0.4 is 0 Å². The molecular formula is C22H33N5O. The lowest BCUT2D eigenvalue weighted by atomic mass is 9.96. The summed E-state index contributed by atoms with van der Waals surface area (Å²) in [7, 11) is 6.09. The predicted molar refractivity (Wildman–Crippen MR) is 111 cm³/mol. The van der Waals surface area contributed by atoms with E-state index >= 15 is 0 Å². The maximum Gasteiger partial charge on any atom is 0.253 e. The standard InChI is InChI=1S/C22H33N5O/c1-16(2)13-17-8-10-18(11-9-17)22(28)27-12-6-7-19(14-27)21-24-23-20(26(21)5)15-25(3)4/h8-11,16,19H,6-7,12-15H2,1-5H3/t19-/m1/s1. The smallest absolute Gasteiger partial charge is 0.253 e. The molecular weight excluding hydrogens is 350 g/mol. The first-order chi connectivity index (χ1) is 13.3. The van der Waals surface area contributed by atoms with Crippen molar-refractivity contribution in [2.75, 3.05) is 27.2 Å². The Morgan fingerprint density at radius 3 is 2.57 bits per heavy atom. The first-order valence-corrected chi connectivity index (χ1v) is 10.3. The van der Waals surface area contributed by atoms with Crippen LogP contribution in [0.4, 0.5) is 0 Å². The van der Waals surface area contributed by atoms with Crippen molar-refractivity contribution < 1.29 is 4.79 Å². The molecule has 0 unspecified atom stereocenters. The molecule has 1 fully saturated rings. The number of hydrogen-bond donors (Lipinski definition) is 0. The number of amides is 1. The number of carbonyl (C=O) groups excluding carboxylic acids is 1. The van der Waals surface area contributed by atoms with Gasteiger partial charge in [-0.15, -0.1) is 10.2 Å².